The van der Waals surface area contributed by atoms with Crippen molar-refractivity contribution < 1.29 is 41.8 Å². The van der Waals surface area contributed by atoms with Crippen LogP contribution in [0.2, 0.25) is 0 Å². The van der Waals surface area contributed by atoms with E-state index in [9.17, 15) is 14.4 Å². The zero-order chi connectivity index (χ0) is 23.0. The first kappa shape index (κ1) is 21.7. The minimum Gasteiger partial charge on any atom is -0.466 e. The van der Waals surface area contributed by atoms with Gasteiger partial charge in [-0.05, 0) is 54.6 Å². The first-order valence-electron chi connectivity index (χ1n) is 9.82. The average Bonchev–Trinajstić information content (AvgIpc) is 3.63. The minimum atomic E-state index is -0.757. The second-order valence-electron chi connectivity index (χ2n) is 6.77. The highest BCUT2D eigenvalue weighted by molar-refractivity contribution is 6.00. The first-order chi connectivity index (χ1) is 16.1. The van der Waals surface area contributed by atoms with E-state index in [2.05, 4.69) is 0 Å². The Labute approximate surface area is 187 Å². The van der Waals surface area contributed by atoms with Crippen LogP contribution in [0, 0.1) is 0 Å². The summed E-state index contributed by atoms with van der Waals surface area (Å²) in [7, 11) is 0. The molecule has 33 heavy (non-hydrogen) atoms. The average molecular weight is 450 g/mol. The Morgan fingerprint density at radius 1 is 0.545 bits per heavy atom. The van der Waals surface area contributed by atoms with Gasteiger partial charge in [0.05, 0.1) is 35.5 Å². The zero-order valence-electron chi connectivity index (χ0n) is 17.2. The van der Waals surface area contributed by atoms with Gasteiger partial charge in [-0.15, -0.1) is 0 Å². The molecule has 0 saturated heterocycles. The molecule has 4 rings (SSSR count). The molecule has 0 fully saturated rings. The Kier molecular flexibility index (Phi) is 6.70. The van der Waals surface area contributed by atoms with Gasteiger partial charge in [0.15, 0.2) is 0 Å². The maximum absolute atomic E-state index is 12.6. The van der Waals surface area contributed by atoms with Crippen molar-refractivity contribution in [1.82, 2.24) is 0 Å². The number of hydrogen-bond acceptors (Lipinski definition) is 9. The largest absolute Gasteiger partial charge is 0.466 e. The van der Waals surface area contributed by atoms with Crippen LogP contribution in [0.15, 0.2) is 86.6 Å². The van der Waals surface area contributed by atoms with Gasteiger partial charge in [-0.1, -0.05) is 0 Å². The molecule has 0 aliphatic heterocycles. The normalized spacial score (nSPS) is 10.5. The van der Waals surface area contributed by atoms with Crippen LogP contribution in [-0.4, -0.2) is 17.9 Å². The third kappa shape index (κ3) is 5.79. The molecule has 9 heteroatoms. The third-order valence-electron chi connectivity index (χ3n) is 4.42. The van der Waals surface area contributed by atoms with Gasteiger partial charge in [0.1, 0.15) is 37.1 Å². The van der Waals surface area contributed by atoms with E-state index in [1.54, 1.807) is 36.4 Å². The van der Waals surface area contributed by atoms with E-state index in [1.165, 1.54) is 37.0 Å². The van der Waals surface area contributed by atoms with Crippen molar-refractivity contribution in [1.29, 1.82) is 0 Å². The quantitative estimate of drug-likeness (QED) is 0.267. The SMILES string of the molecule is O=C(OCc1ccco1)c1cc(C(=O)OCc2ccco2)cc(C(=O)OCc2ccco2)c1. The van der Waals surface area contributed by atoms with E-state index in [0.717, 1.165) is 0 Å². The van der Waals surface area contributed by atoms with Crippen LogP contribution in [0.5, 0.6) is 0 Å². The molecule has 9 nitrogen and oxygen atoms in total. The van der Waals surface area contributed by atoms with Crippen molar-refractivity contribution in [3.05, 3.63) is 107 Å². The van der Waals surface area contributed by atoms with Crippen molar-refractivity contribution in [2.45, 2.75) is 19.8 Å². The second-order valence-corrected chi connectivity index (χ2v) is 6.77. The minimum absolute atomic E-state index is 0.0287. The molecule has 0 radical (unpaired) electrons. The molecular weight excluding hydrogens is 432 g/mol. The van der Waals surface area contributed by atoms with Crippen molar-refractivity contribution in [2.75, 3.05) is 0 Å². The summed E-state index contributed by atoms with van der Waals surface area (Å²) in [6.07, 6.45) is 4.35. The van der Waals surface area contributed by atoms with Crippen molar-refractivity contribution in [3.8, 4) is 0 Å². The Balaban J connectivity index is 1.52. The number of carbonyl (C=O) groups excluding carboxylic acids is 3. The number of ether oxygens (including phenoxy) is 3. The van der Waals surface area contributed by atoms with Gasteiger partial charge in [-0.3, -0.25) is 0 Å². The van der Waals surface area contributed by atoms with Crippen LogP contribution < -0.4 is 0 Å². The van der Waals surface area contributed by atoms with E-state index >= 15 is 0 Å². The number of hydrogen-bond donors (Lipinski definition) is 0. The van der Waals surface area contributed by atoms with E-state index in [0.29, 0.717) is 17.3 Å². The molecule has 3 aromatic heterocycles. The summed E-state index contributed by atoms with van der Waals surface area (Å²) in [6.45, 7) is -0.341. The van der Waals surface area contributed by atoms with Gasteiger partial charge in [-0.25, -0.2) is 14.4 Å². The van der Waals surface area contributed by atoms with Crippen LogP contribution in [0.1, 0.15) is 48.4 Å². The molecule has 0 aliphatic rings. The maximum atomic E-state index is 12.6. The predicted octanol–water partition coefficient (Wildman–Crippen LogP) is 4.54. The summed E-state index contributed by atoms with van der Waals surface area (Å²) < 4.78 is 31.0. The number of furan rings is 3. The second kappa shape index (κ2) is 10.2. The fourth-order valence-electron chi connectivity index (χ4n) is 2.83. The van der Waals surface area contributed by atoms with Crippen LogP contribution in [0.4, 0.5) is 0 Å². The highest BCUT2D eigenvalue weighted by Gasteiger charge is 2.20. The lowest BCUT2D eigenvalue weighted by molar-refractivity contribution is 0.0439. The van der Waals surface area contributed by atoms with Crippen LogP contribution in [-0.2, 0) is 34.0 Å². The molecule has 0 saturated carbocycles. The van der Waals surface area contributed by atoms with E-state index < -0.39 is 17.9 Å². The molecule has 0 aliphatic carbocycles. The zero-order valence-corrected chi connectivity index (χ0v) is 17.2. The van der Waals surface area contributed by atoms with Crippen LogP contribution >= 0.6 is 0 Å². The summed E-state index contributed by atoms with van der Waals surface area (Å²) in [4.78, 5) is 37.7. The molecule has 0 atom stereocenters. The molecule has 1 aromatic carbocycles. The first-order valence-corrected chi connectivity index (χ1v) is 9.82. The van der Waals surface area contributed by atoms with Gasteiger partial charge < -0.3 is 27.5 Å². The van der Waals surface area contributed by atoms with Gasteiger partial charge >= 0.3 is 17.9 Å². The highest BCUT2D eigenvalue weighted by atomic mass is 16.5. The summed E-state index contributed by atoms with van der Waals surface area (Å²) in [5, 5.41) is 0. The Morgan fingerprint density at radius 2 is 0.848 bits per heavy atom. The lowest BCUT2D eigenvalue weighted by Gasteiger charge is -2.10. The molecule has 3 heterocycles. The van der Waals surface area contributed by atoms with E-state index in [1.807, 2.05) is 0 Å². The van der Waals surface area contributed by atoms with Crippen molar-refractivity contribution in [3.63, 3.8) is 0 Å². The fourth-order valence-corrected chi connectivity index (χ4v) is 2.83. The van der Waals surface area contributed by atoms with Gasteiger partial charge in [-0.2, -0.15) is 0 Å². The molecule has 0 unspecified atom stereocenters. The summed E-state index contributed by atoms with van der Waals surface area (Å²) in [6, 6.07) is 13.7. The molecule has 0 bridgehead atoms. The van der Waals surface area contributed by atoms with Crippen LogP contribution in [0.25, 0.3) is 0 Å². The Hall–Kier alpha value is -4.53. The predicted molar refractivity (Wildman–Crippen MR) is 110 cm³/mol. The Bertz CT molecular complexity index is 1040. The van der Waals surface area contributed by atoms with Gasteiger partial charge in [0.2, 0.25) is 0 Å². The molecular formula is C24H18O9. The maximum Gasteiger partial charge on any atom is 0.338 e. The lowest BCUT2D eigenvalue weighted by Crippen LogP contribution is -2.13. The smallest absolute Gasteiger partial charge is 0.338 e. The topological polar surface area (TPSA) is 118 Å². The third-order valence-corrected chi connectivity index (χ3v) is 4.42. The van der Waals surface area contributed by atoms with Gasteiger partial charge in [0, 0.05) is 0 Å². The number of benzene rings is 1. The van der Waals surface area contributed by atoms with Crippen molar-refractivity contribution >= 4 is 17.9 Å². The molecule has 0 N–H and O–H groups in total. The van der Waals surface area contributed by atoms with Gasteiger partial charge in [0.25, 0.3) is 0 Å². The monoisotopic (exact) mass is 450 g/mol. The molecule has 0 amide bonds. The fraction of sp³-hybridized carbons (Fsp3) is 0.125. The summed E-state index contributed by atoms with van der Waals surface area (Å²) in [5.74, 6) is -0.951. The van der Waals surface area contributed by atoms with Crippen molar-refractivity contribution in [2.24, 2.45) is 0 Å². The summed E-state index contributed by atoms with van der Waals surface area (Å²) in [5.41, 5.74) is -0.0862. The number of carbonyl (C=O) groups is 3. The lowest BCUT2D eigenvalue weighted by atomic mass is 10.1. The number of rotatable bonds is 9. The van der Waals surface area contributed by atoms with Crippen LogP contribution in [0.3, 0.4) is 0 Å². The number of esters is 3. The molecule has 4 aromatic rings. The highest BCUT2D eigenvalue weighted by Crippen LogP contribution is 2.17. The summed E-state index contributed by atoms with van der Waals surface area (Å²) >= 11 is 0. The van der Waals surface area contributed by atoms with E-state index in [-0.39, 0.29) is 36.5 Å². The molecule has 0 spiro atoms. The standard InChI is InChI=1S/C24H18O9/c25-22(31-13-19-4-1-7-28-19)16-10-17(23(26)32-14-20-5-2-8-29-20)12-18(11-16)24(27)33-15-21-6-3-9-30-21/h1-12H,13-15H2. The Morgan fingerprint density at radius 3 is 1.09 bits per heavy atom. The molecule has 168 valence electrons. The van der Waals surface area contributed by atoms with E-state index in [4.69, 9.17) is 27.5 Å².